The van der Waals surface area contributed by atoms with Crippen molar-refractivity contribution in [3.8, 4) is 11.3 Å². The van der Waals surface area contributed by atoms with Gasteiger partial charge < -0.3 is 10.3 Å². The SMILES string of the molecule is Cc1cnc(-c2ccc(N)c(P(C)(C)=O)c2)cn1. The molecule has 0 aliphatic rings. The van der Waals surface area contributed by atoms with Gasteiger partial charge in [0.15, 0.2) is 0 Å². The minimum absolute atomic E-state index is 0.562. The van der Waals surface area contributed by atoms with Crippen LogP contribution in [0.4, 0.5) is 5.69 Å². The van der Waals surface area contributed by atoms with E-state index in [0.717, 1.165) is 17.0 Å². The van der Waals surface area contributed by atoms with Gasteiger partial charge in [-0.15, -0.1) is 0 Å². The van der Waals surface area contributed by atoms with E-state index in [1.165, 1.54) is 0 Å². The molecule has 4 nitrogen and oxygen atoms in total. The molecule has 0 fully saturated rings. The topological polar surface area (TPSA) is 68.9 Å². The zero-order chi connectivity index (χ0) is 13.3. The number of anilines is 1. The van der Waals surface area contributed by atoms with Crippen molar-refractivity contribution in [1.82, 2.24) is 9.97 Å². The molecule has 0 aliphatic carbocycles. The predicted octanol–water partition coefficient (Wildman–Crippen LogP) is 2.28. The molecule has 0 unspecified atom stereocenters. The summed E-state index contributed by atoms with van der Waals surface area (Å²) in [5, 5.41) is 0.697. The van der Waals surface area contributed by atoms with Crippen molar-refractivity contribution in [1.29, 1.82) is 0 Å². The maximum atomic E-state index is 12.2. The summed E-state index contributed by atoms with van der Waals surface area (Å²) in [5.41, 5.74) is 8.94. The molecule has 2 rings (SSSR count). The number of hydrogen-bond donors (Lipinski definition) is 1. The standard InChI is InChI=1S/C13H16N3OP/c1-9-7-16-12(8-15-9)10-4-5-11(14)13(6-10)18(2,3)17/h4-8H,14H2,1-3H3. The maximum Gasteiger partial charge on any atom is 0.111 e. The van der Waals surface area contributed by atoms with Crippen LogP contribution in [0.1, 0.15) is 5.69 Å². The van der Waals surface area contributed by atoms with Crippen molar-refractivity contribution in [2.45, 2.75) is 6.92 Å². The Kier molecular flexibility index (Phi) is 3.22. The van der Waals surface area contributed by atoms with Crippen molar-refractivity contribution >= 4 is 18.1 Å². The number of rotatable bonds is 2. The van der Waals surface area contributed by atoms with E-state index in [1.54, 1.807) is 31.8 Å². The molecule has 2 N–H and O–H groups in total. The van der Waals surface area contributed by atoms with Gasteiger partial charge in [0.25, 0.3) is 0 Å². The molecule has 0 aliphatic heterocycles. The van der Waals surface area contributed by atoms with Crippen LogP contribution in [-0.4, -0.2) is 23.3 Å². The molecule has 0 radical (unpaired) electrons. The van der Waals surface area contributed by atoms with Crippen LogP contribution >= 0.6 is 7.14 Å². The predicted molar refractivity (Wildman–Crippen MR) is 75.7 cm³/mol. The lowest BCUT2D eigenvalue weighted by molar-refractivity contribution is 0.588. The van der Waals surface area contributed by atoms with E-state index in [1.807, 2.05) is 19.1 Å². The van der Waals surface area contributed by atoms with Crippen molar-refractivity contribution in [2.75, 3.05) is 19.1 Å². The fraction of sp³-hybridized carbons (Fsp3) is 0.231. The van der Waals surface area contributed by atoms with Crippen molar-refractivity contribution in [3.05, 3.63) is 36.3 Å². The maximum absolute atomic E-state index is 12.2. The van der Waals surface area contributed by atoms with Gasteiger partial charge in [0, 0.05) is 22.8 Å². The summed E-state index contributed by atoms with van der Waals surface area (Å²) < 4.78 is 12.2. The molecule has 5 heteroatoms. The van der Waals surface area contributed by atoms with E-state index in [-0.39, 0.29) is 0 Å². The highest BCUT2D eigenvalue weighted by Gasteiger charge is 2.16. The molecule has 0 atom stereocenters. The van der Waals surface area contributed by atoms with E-state index in [9.17, 15) is 4.57 Å². The zero-order valence-corrected chi connectivity index (χ0v) is 11.6. The summed E-state index contributed by atoms with van der Waals surface area (Å²) in [7, 11) is -2.39. The number of nitrogen functional groups attached to an aromatic ring is 1. The van der Waals surface area contributed by atoms with Crippen LogP contribution in [-0.2, 0) is 4.57 Å². The minimum Gasteiger partial charge on any atom is -0.398 e. The highest BCUT2D eigenvalue weighted by Crippen LogP contribution is 2.38. The molecule has 94 valence electrons. The quantitative estimate of drug-likeness (QED) is 0.665. The van der Waals surface area contributed by atoms with Gasteiger partial charge in [-0.2, -0.15) is 0 Å². The molecule has 2 aromatic rings. The fourth-order valence-corrected chi connectivity index (χ4v) is 2.86. The van der Waals surface area contributed by atoms with E-state index in [4.69, 9.17) is 5.73 Å². The molecule has 1 heterocycles. The van der Waals surface area contributed by atoms with Gasteiger partial charge in [0.05, 0.1) is 17.6 Å². The summed E-state index contributed by atoms with van der Waals surface area (Å²) in [6.07, 6.45) is 3.42. The fourth-order valence-electron chi connectivity index (χ4n) is 1.71. The molecule has 0 saturated carbocycles. The van der Waals surface area contributed by atoms with E-state index in [2.05, 4.69) is 9.97 Å². The first-order valence-electron chi connectivity index (χ1n) is 5.62. The Labute approximate surface area is 107 Å². The molecule has 18 heavy (non-hydrogen) atoms. The number of aryl methyl sites for hydroxylation is 1. The minimum atomic E-state index is -2.39. The Balaban J connectivity index is 2.54. The van der Waals surface area contributed by atoms with E-state index < -0.39 is 7.14 Å². The first kappa shape index (κ1) is 12.8. The summed E-state index contributed by atoms with van der Waals surface area (Å²) in [6.45, 7) is 5.31. The average molecular weight is 261 g/mol. The zero-order valence-electron chi connectivity index (χ0n) is 10.7. The molecule has 0 saturated heterocycles. The van der Waals surface area contributed by atoms with Crippen LogP contribution in [0, 0.1) is 6.92 Å². The monoisotopic (exact) mass is 261 g/mol. The first-order valence-corrected chi connectivity index (χ1v) is 8.22. The summed E-state index contributed by atoms with van der Waals surface area (Å²) in [6, 6.07) is 5.48. The second-order valence-electron chi connectivity index (χ2n) is 4.67. The highest BCUT2D eigenvalue weighted by molar-refractivity contribution is 7.70. The second-order valence-corrected chi connectivity index (χ2v) is 7.85. The second kappa shape index (κ2) is 4.54. The highest BCUT2D eigenvalue weighted by atomic mass is 31.2. The summed E-state index contributed by atoms with van der Waals surface area (Å²) in [5.74, 6) is 0. The third-order valence-electron chi connectivity index (χ3n) is 2.69. The van der Waals surface area contributed by atoms with Crippen LogP contribution in [0.5, 0.6) is 0 Å². The number of benzene rings is 1. The largest absolute Gasteiger partial charge is 0.398 e. The van der Waals surface area contributed by atoms with Gasteiger partial charge in [0.1, 0.15) is 7.14 Å². The van der Waals surface area contributed by atoms with Crippen LogP contribution in [0.25, 0.3) is 11.3 Å². The normalized spacial score (nSPS) is 11.5. The summed E-state index contributed by atoms with van der Waals surface area (Å²) in [4.78, 5) is 8.52. The van der Waals surface area contributed by atoms with Crippen LogP contribution in [0.2, 0.25) is 0 Å². The third kappa shape index (κ3) is 2.59. The number of nitrogens with zero attached hydrogens (tertiary/aromatic N) is 2. The van der Waals surface area contributed by atoms with Crippen LogP contribution in [0.3, 0.4) is 0 Å². The van der Waals surface area contributed by atoms with Crippen molar-refractivity contribution < 1.29 is 4.57 Å². The smallest absolute Gasteiger partial charge is 0.111 e. The van der Waals surface area contributed by atoms with Gasteiger partial charge in [0.2, 0.25) is 0 Å². The number of aromatic nitrogens is 2. The van der Waals surface area contributed by atoms with Gasteiger partial charge in [-0.25, -0.2) is 0 Å². The van der Waals surface area contributed by atoms with Crippen LogP contribution < -0.4 is 11.0 Å². The van der Waals surface area contributed by atoms with Gasteiger partial charge in [-0.05, 0) is 32.4 Å². The average Bonchev–Trinajstić information content (AvgIpc) is 2.29. The van der Waals surface area contributed by atoms with E-state index in [0.29, 0.717) is 11.0 Å². The third-order valence-corrected chi connectivity index (χ3v) is 4.23. The van der Waals surface area contributed by atoms with Gasteiger partial charge >= 0.3 is 0 Å². The molecule has 0 bridgehead atoms. The number of hydrogen-bond acceptors (Lipinski definition) is 4. The van der Waals surface area contributed by atoms with Crippen molar-refractivity contribution in [3.63, 3.8) is 0 Å². The summed E-state index contributed by atoms with van der Waals surface area (Å²) >= 11 is 0. The van der Waals surface area contributed by atoms with Gasteiger partial charge in [-0.3, -0.25) is 9.97 Å². The first-order chi connectivity index (χ1) is 8.38. The number of nitrogens with two attached hydrogens (primary N) is 1. The van der Waals surface area contributed by atoms with Crippen LogP contribution in [0.15, 0.2) is 30.6 Å². The molecule has 1 aromatic carbocycles. The van der Waals surface area contributed by atoms with Gasteiger partial charge in [-0.1, -0.05) is 6.07 Å². The Morgan fingerprint density at radius 2 is 1.89 bits per heavy atom. The Morgan fingerprint density at radius 1 is 1.17 bits per heavy atom. The molecular weight excluding hydrogens is 245 g/mol. The lowest BCUT2D eigenvalue weighted by Crippen LogP contribution is -2.10. The lowest BCUT2D eigenvalue weighted by atomic mass is 10.1. The Morgan fingerprint density at radius 3 is 2.44 bits per heavy atom. The molecule has 1 aromatic heterocycles. The Hall–Kier alpha value is -1.67. The van der Waals surface area contributed by atoms with E-state index >= 15 is 0 Å². The molecule has 0 spiro atoms. The Bertz CT molecular complexity index is 617. The van der Waals surface area contributed by atoms with Crippen molar-refractivity contribution in [2.24, 2.45) is 0 Å². The molecule has 0 amide bonds. The molecular formula is C13H16N3OP. The lowest BCUT2D eigenvalue weighted by Gasteiger charge is -2.12.